The first-order valence-corrected chi connectivity index (χ1v) is 7.45. The third-order valence-corrected chi connectivity index (χ3v) is 4.48. The van der Waals surface area contributed by atoms with Crippen LogP contribution in [0.2, 0.25) is 0 Å². The highest BCUT2D eigenvalue weighted by molar-refractivity contribution is 5.97. The van der Waals surface area contributed by atoms with E-state index < -0.39 is 0 Å². The molecule has 0 saturated carbocycles. The second kappa shape index (κ2) is 4.97. The lowest BCUT2D eigenvalue weighted by Gasteiger charge is -2.26. The summed E-state index contributed by atoms with van der Waals surface area (Å²) in [4.78, 5) is 6.81. The number of hydrogen-bond acceptors (Lipinski definition) is 3. The number of nitrogens with two attached hydrogens (primary N) is 1. The predicted octanol–water partition coefficient (Wildman–Crippen LogP) is 3.83. The molecule has 2 heterocycles. The van der Waals surface area contributed by atoms with Crippen molar-refractivity contribution in [3.05, 3.63) is 30.5 Å². The maximum atomic E-state index is 6.39. The molecule has 3 nitrogen and oxygen atoms in total. The molecular formula is C17H23N3. The van der Waals surface area contributed by atoms with Gasteiger partial charge >= 0.3 is 0 Å². The molecule has 3 heteroatoms. The van der Waals surface area contributed by atoms with Gasteiger partial charge in [-0.05, 0) is 48.9 Å². The number of hydrogen-bond donors (Lipinski definition) is 1. The van der Waals surface area contributed by atoms with Gasteiger partial charge in [-0.25, -0.2) is 0 Å². The number of pyridine rings is 1. The van der Waals surface area contributed by atoms with Gasteiger partial charge in [-0.15, -0.1) is 0 Å². The summed E-state index contributed by atoms with van der Waals surface area (Å²) in [7, 11) is 0. The van der Waals surface area contributed by atoms with E-state index in [9.17, 15) is 0 Å². The summed E-state index contributed by atoms with van der Waals surface area (Å²) in [5, 5.41) is 1.06. The number of nitrogens with zero attached hydrogens (tertiary/aromatic N) is 2. The third kappa shape index (κ3) is 2.45. The number of nitrogen functional groups attached to an aromatic ring is 1. The molecule has 2 aromatic rings. The highest BCUT2D eigenvalue weighted by Gasteiger charge is 2.24. The second-order valence-corrected chi connectivity index (χ2v) is 6.57. The van der Waals surface area contributed by atoms with Gasteiger partial charge in [-0.1, -0.05) is 13.8 Å². The normalized spacial score (nSPS) is 19.0. The molecule has 1 fully saturated rings. The predicted molar refractivity (Wildman–Crippen MR) is 86.0 cm³/mol. The van der Waals surface area contributed by atoms with Crippen LogP contribution in [0, 0.1) is 5.41 Å². The van der Waals surface area contributed by atoms with Crippen LogP contribution in [-0.4, -0.2) is 18.1 Å². The Bertz CT molecular complexity index is 619. The molecule has 2 N–H and O–H groups in total. The van der Waals surface area contributed by atoms with Gasteiger partial charge in [0, 0.05) is 24.7 Å². The van der Waals surface area contributed by atoms with Crippen molar-refractivity contribution in [1.82, 2.24) is 4.98 Å². The van der Waals surface area contributed by atoms with E-state index in [-0.39, 0.29) is 0 Å². The van der Waals surface area contributed by atoms with E-state index in [2.05, 4.69) is 41.9 Å². The number of rotatable bonds is 1. The molecule has 0 atom stereocenters. The molecule has 0 amide bonds. The van der Waals surface area contributed by atoms with Gasteiger partial charge in [-0.3, -0.25) is 4.98 Å². The Morgan fingerprint density at radius 1 is 1.15 bits per heavy atom. The first-order chi connectivity index (χ1) is 9.57. The van der Waals surface area contributed by atoms with Crippen molar-refractivity contribution < 1.29 is 0 Å². The van der Waals surface area contributed by atoms with Crippen LogP contribution in [-0.2, 0) is 0 Å². The zero-order valence-corrected chi connectivity index (χ0v) is 12.4. The Labute approximate surface area is 120 Å². The van der Waals surface area contributed by atoms with Crippen LogP contribution in [0.4, 0.5) is 11.4 Å². The van der Waals surface area contributed by atoms with Gasteiger partial charge in [0.1, 0.15) is 0 Å². The van der Waals surface area contributed by atoms with E-state index in [0.717, 1.165) is 29.7 Å². The summed E-state index contributed by atoms with van der Waals surface area (Å²) < 4.78 is 0. The highest BCUT2D eigenvalue weighted by atomic mass is 15.1. The van der Waals surface area contributed by atoms with Gasteiger partial charge < -0.3 is 10.6 Å². The summed E-state index contributed by atoms with van der Waals surface area (Å²) in [5.74, 6) is 0. The first-order valence-electron chi connectivity index (χ1n) is 7.45. The average molecular weight is 269 g/mol. The zero-order valence-electron chi connectivity index (χ0n) is 12.4. The molecule has 0 spiro atoms. The van der Waals surface area contributed by atoms with E-state index in [1.54, 1.807) is 0 Å². The van der Waals surface area contributed by atoms with E-state index >= 15 is 0 Å². The van der Waals surface area contributed by atoms with Crippen molar-refractivity contribution >= 4 is 22.3 Å². The topological polar surface area (TPSA) is 42.2 Å². The SMILES string of the molecule is CC1(C)CCCN(c2ccc3ncccc3c2N)CC1. The van der Waals surface area contributed by atoms with Crippen LogP contribution >= 0.6 is 0 Å². The van der Waals surface area contributed by atoms with Crippen LogP contribution in [0.3, 0.4) is 0 Å². The largest absolute Gasteiger partial charge is 0.396 e. The monoisotopic (exact) mass is 269 g/mol. The van der Waals surface area contributed by atoms with Crippen LogP contribution < -0.4 is 10.6 Å². The quantitative estimate of drug-likeness (QED) is 0.800. The van der Waals surface area contributed by atoms with Crippen molar-refractivity contribution in [2.45, 2.75) is 33.1 Å². The van der Waals surface area contributed by atoms with Crippen molar-refractivity contribution in [2.24, 2.45) is 5.41 Å². The molecule has 20 heavy (non-hydrogen) atoms. The van der Waals surface area contributed by atoms with Crippen LogP contribution in [0.25, 0.3) is 10.9 Å². The minimum atomic E-state index is 0.446. The molecule has 106 valence electrons. The average Bonchev–Trinajstić information content (AvgIpc) is 2.61. The molecule has 0 bridgehead atoms. The fraction of sp³-hybridized carbons (Fsp3) is 0.471. The molecule has 0 aliphatic carbocycles. The van der Waals surface area contributed by atoms with Gasteiger partial charge in [0.05, 0.1) is 16.9 Å². The number of benzene rings is 1. The molecular weight excluding hydrogens is 246 g/mol. The number of anilines is 2. The van der Waals surface area contributed by atoms with E-state index in [0.29, 0.717) is 5.41 Å². The Balaban J connectivity index is 1.96. The lowest BCUT2D eigenvalue weighted by atomic mass is 9.85. The molecule has 0 unspecified atom stereocenters. The van der Waals surface area contributed by atoms with E-state index in [4.69, 9.17) is 5.73 Å². The van der Waals surface area contributed by atoms with Gasteiger partial charge in [0.25, 0.3) is 0 Å². The minimum Gasteiger partial charge on any atom is -0.396 e. The van der Waals surface area contributed by atoms with E-state index in [1.165, 1.54) is 24.9 Å². The second-order valence-electron chi connectivity index (χ2n) is 6.57. The van der Waals surface area contributed by atoms with Crippen LogP contribution in [0.15, 0.2) is 30.5 Å². The molecule has 1 aliphatic rings. The van der Waals surface area contributed by atoms with Crippen molar-refractivity contribution in [1.29, 1.82) is 0 Å². The fourth-order valence-corrected chi connectivity index (χ4v) is 3.10. The Morgan fingerprint density at radius 3 is 2.85 bits per heavy atom. The summed E-state index contributed by atoms with van der Waals surface area (Å²) in [6.07, 6.45) is 5.56. The van der Waals surface area contributed by atoms with Crippen LogP contribution in [0.1, 0.15) is 33.1 Å². The first kappa shape index (κ1) is 13.2. The number of aromatic nitrogens is 1. The summed E-state index contributed by atoms with van der Waals surface area (Å²) in [5.41, 5.74) is 9.85. The fourth-order valence-electron chi connectivity index (χ4n) is 3.10. The van der Waals surface area contributed by atoms with Crippen molar-refractivity contribution in [2.75, 3.05) is 23.7 Å². The summed E-state index contributed by atoms with van der Waals surface area (Å²) >= 11 is 0. The third-order valence-electron chi connectivity index (χ3n) is 4.48. The smallest absolute Gasteiger partial charge is 0.0724 e. The lowest BCUT2D eigenvalue weighted by Crippen LogP contribution is -2.25. The molecule has 1 saturated heterocycles. The van der Waals surface area contributed by atoms with Gasteiger partial charge in [0.2, 0.25) is 0 Å². The van der Waals surface area contributed by atoms with E-state index in [1.807, 2.05) is 12.3 Å². The standard InChI is InChI=1S/C17H23N3/c1-17(2)8-4-11-20(12-9-17)15-7-6-14-13(16(15)18)5-3-10-19-14/h3,5-7,10H,4,8-9,11-12,18H2,1-2H3. The van der Waals surface area contributed by atoms with Gasteiger partial charge in [0.15, 0.2) is 0 Å². The minimum absolute atomic E-state index is 0.446. The Kier molecular flexibility index (Phi) is 3.28. The Hall–Kier alpha value is -1.77. The van der Waals surface area contributed by atoms with Crippen molar-refractivity contribution in [3.63, 3.8) is 0 Å². The molecule has 3 rings (SSSR count). The molecule has 1 aliphatic heterocycles. The molecule has 1 aromatic carbocycles. The lowest BCUT2D eigenvalue weighted by molar-refractivity contribution is 0.325. The summed E-state index contributed by atoms with van der Waals surface area (Å²) in [6.45, 7) is 6.91. The maximum Gasteiger partial charge on any atom is 0.0724 e. The molecule has 0 radical (unpaired) electrons. The zero-order chi connectivity index (χ0) is 14.2. The van der Waals surface area contributed by atoms with Crippen molar-refractivity contribution in [3.8, 4) is 0 Å². The Morgan fingerprint density at radius 2 is 2.00 bits per heavy atom. The highest BCUT2D eigenvalue weighted by Crippen LogP contribution is 2.35. The molecule has 1 aromatic heterocycles. The number of fused-ring (bicyclic) bond motifs is 1. The summed E-state index contributed by atoms with van der Waals surface area (Å²) in [6, 6.07) is 8.22. The maximum absolute atomic E-state index is 6.39. The van der Waals surface area contributed by atoms with Gasteiger partial charge in [-0.2, -0.15) is 0 Å². The van der Waals surface area contributed by atoms with Crippen LogP contribution in [0.5, 0.6) is 0 Å².